The van der Waals surface area contributed by atoms with Crippen molar-refractivity contribution in [2.75, 3.05) is 20.7 Å². The van der Waals surface area contributed by atoms with Gasteiger partial charge in [0.2, 0.25) is 0 Å². The maximum absolute atomic E-state index is 12.2. The van der Waals surface area contributed by atoms with E-state index in [2.05, 4.69) is 4.90 Å². The van der Waals surface area contributed by atoms with Gasteiger partial charge in [-0.25, -0.2) is 0 Å². The van der Waals surface area contributed by atoms with Gasteiger partial charge < -0.3 is 4.74 Å². The first-order valence-corrected chi connectivity index (χ1v) is 7.06. The van der Waals surface area contributed by atoms with Crippen LogP contribution >= 0.6 is 11.6 Å². The molecule has 0 spiro atoms. The quantitative estimate of drug-likeness (QED) is 0.775. The molecule has 0 bridgehead atoms. The third-order valence-electron chi connectivity index (χ3n) is 3.81. The van der Waals surface area contributed by atoms with E-state index in [4.69, 9.17) is 16.3 Å². The summed E-state index contributed by atoms with van der Waals surface area (Å²) in [4.78, 5) is 14.4. The number of Topliss-reactive ketones (excluding diaryl/α,β-unsaturated/α-hetero) is 1. The van der Waals surface area contributed by atoms with Gasteiger partial charge in [0.25, 0.3) is 0 Å². The van der Waals surface area contributed by atoms with Crippen molar-refractivity contribution in [2.24, 2.45) is 0 Å². The summed E-state index contributed by atoms with van der Waals surface area (Å²) in [6.45, 7) is 0.452. The van der Waals surface area contributed by atoms with Gasteiger partial charge in [-0.05, 0) is 38.1 Å². The third-order valence-corrected chi connectivity index (χ3v) is 4.11. The van der Waals surface area contributed by atoms with Gasteiger partial charge in [0.05, 0.1) is 18.7 Å². The Morgan fingerprint density at radius 2 is 2.11 bits per heavy atom. The van der Waals surface area contributed by atoms with E-state index >= 15 is 0 Å². The van der Waals surface area contributed by atoms with Crippen LogP contribution < -0.4 is 4.74 Å². The van der Waals surface area contributed by atoms with Gasteiger partial charge in [-0.1, -0.05) is 24.4 Å². The van der Waals surface area contributed by atoms with E-state index in [0.717, 1.165) is 0 Å². The number of carbonyl (C=O) groups excluding carboxylic acids is 1. The standard InChI is InChI=1S/C15H20ClNO2/c1-17(12-5-3-4-6-12)10-14(18)11-7-8-15(19-2)13(16)9-11/h7-9,12H,3-6,10H2,1-2H3. The predicted molar refractivity (Wildman–Crippen MR) is 77.2 cm³/mol. The van der Waals surface area contributed by atoms with Crippen LogP contribution in [0.2, 0.25) is 5.02 Å². The molecule has 0 aliphatic heterocycles. The van der Waals surface area contributed by atoms with Crippen LogP contribution in [-0.2, 0) is 0 Å². The highest BCUT2D eigenvalue weighted by molar-refractivity contribution is 6.32. The molecule has 1 aromatic carbocycles. The van der Waals surface area contributed by atoms with Crippen LogP contribution in [0.4, 0.5) is 0 Å². The van der Waals surface area contributed by atoms with E-state index in [1.807, 2.05) is 7.05 Å². The maximum atomic E-state index is 12.2. The van der Waals surface area contributed by atoms with Gasteiger partial charge in [-0.3, -0.25) is 9.69 Å². The highest BCUT2D eigenvalue weighted by Gasteiger charge is 2.21. The molecule has 1 aromatic rings. The van der Waals surface area contributed by atoms with Crippen molar-refractivity contribution < 1.29 is 9.53 Å². The van der Waals surface area contributed by atoms with Gasteiger partial charge in [0.15, 0.2) is 5.78 Å². The Morgan fingerprint density at radius 3 is 2.68 bits per heavy atom. The minimum atomic E-state index is 0.110. The molecule has 1 aliphatic carbocycles. The fourth-order valence-corrected chi connectivity index (χ4v) is 2.89. The molecule has 4 heteroatoms. The first-order chi connectivity index (χ1) is 9.11. The lowest BCUT2D eigenvalue weighted by molar-refractivity contribution is 0.0921. The van der Waals surface area contributed by atoms with Crippen molar-refractivity contribution in [3.05, 3.63) is 28.8 Å². The van der Waals surface area contributed by atoms with E-state index < -0.39 is 0 Å². The zero-order valence-corrected chi connectivity index (χ0v) is 12.2. The monoisotopic (exact) mass is 281 g/mol. The summed E-state index contributed by atoms with van der Waals surface area (Å²) in [6, 6.07) is 5.75. The predicted octanol–water partition coefficient (Wildman–Crippen LogP) is 3.41. The van der Waals surface area contributed by atoms with Crippen LogP contribution in [0.1, 0.15) is 36.0 Å². The number of hydrogen-bond donors (Lipinski definition) is 0. The summed E-state index contributed by atoms with van der Waals surface area (Å²) < 4.78 is 5.09. The van der Waals surface area contributed by atoms with Gasteiger partial charge in [-0.2, -0.15) is 0 Å². The lowest BCUT2D eigenvalue weighted by atomic mass is 10.1. The van der Waals surface area contributed by atoms with E-state index in [0.29, 0.717) is 28.9 Å². The molecule has 104 valence electrons. The van der Waals surface area contributed by atoms with Gasteiger partial charge in [0.1, 0.15) is 5.75 Å². The van der Waals surface area contributed by atoms with Crippen molar-refractivity contribution in [1.82, 2.24) is 4.90 Å². The first-order valence-electron chi connectivity index (χ1n) is 6.69. The summed E-state index contributed by atoms with van der Waals surface area (Å²) in [5, 5.41) is 0.483. The molecule has 0 heterocycles. The second kappa shape index (κ2) is 6.40. The van der Waals surface area contributed by atoms with Gasteiger partial charge >= 0.3 is 0 Å². The SMILES string of the molecule is COc1ccc(C(=O)CN(C)C2CCCC2)cc1Cl. The fraction of sp³-hybridized carbons (Fsp3) is 0.533. The van der Waals surface area contributed by atoms with Gasteiger partial charge in [-0.15, -0.1) is 0 Å². The largest absolute Gasteiger partial charge is 0.495 e. The van der Waals surface area contributed by atoms with Crippen LogP contribution in [-0.4, -0.2) is 37.4 Å². The van der Waals surface area contributed by atoms with Crippen LogP contribution in [0.15, 0.2) is 18.2 Å². The summed E-state index contributed by atoms with van der Waals surface area (Å²) in [5.74, 6) is 0.710. The topological polar surface area (TPSA) is 29.5 Å². The van der Waals surface area contributed by atoms with Crippen LogP contribution in [0, 0.1) is 0 Å². The zero-order valence-electron chi connectivity index (χ0n) is 11.5. The Hall–Kier alpha value is -1.06. The summed E-state index contributed by atoms with van der Waals surface area (Å²) in [5.41, 5.74) is 0.649. The van der Waals surface area contributed by atoms with Crippen molar-refractivity contribution in [3.63, 3.8) is 0 Å². The number of ketones is 1. The fourth-order valence-electron chi connectivity index (χ4n) is 2.63. The lowest BCUT2D eigenvalue weighted by Crippen LogP contribution is -2.34. The minimum absolute atomic E-state index is 0.110. The van der Waals surface area contributed by atoms with Crippen molar-refractivity contribution in [2.45, 2.75) is 31.7 Å². The molecule has 0 atom stereocenters. The number of likely N-dealkylation sites (N-methyl/N-ethyl adjacent to an activating group) is 1. The van der Waals surface area contributed by atoms with Crippen molar-refractivity contribution >= 4 is 17.4 Å². The molecule has 0 N–H and O–H groups in total. The summed E-state index contributed by atoms with van der Waals surface area (Å²) >= 11 is 6.05. The number of benzene rings is 1. The molecule has 0 amide bonds. The molecule has 1 fully saturated rings. The molecule has 1 aliphatic rings. The Balaban J connectivity index is 2.01. The number of ether oxygens (including phenoxy) is 1. The second-order valence-electron chi connectivity index (χ2n) is 5.13. The third kappa shape index (κ3) is 3.48. The average molecular weight is 282 g/mol. The zero-order chi connectivity index (χ0) is 13.8. The average Bonchev–Trinajstić information content (AvgIpc) is 2.92. The van der Waals surface area contributed by atoms with Gasteiger partial charge in [0, 0.05) is 11.6 Å². The molecular weight excluding hydrogens is 262 g/mol. The second-order valence-corrected chi connectivity index (χ2v) is 5.53. The molecule has 19 heavy (non-hydrogen) atoms. The molecule has 1 saturated carbocycles. The van der Waals surface area contributed by atoms with E-state index in [9.17, 15) is 4.79 Å². The van der Waals surface area contributed by atoms with E-state index in [-0.39, 0.29) is 5.78 Å². The number of nitrogens with zero attached hydrogens (tertiary/aromatic N) is 1. The minimum Gasteiger partial charge on any atom is -0.495 e. The highest BCUT2D eigenvalue weighted by atomic mass is 35.5. The number of methoxy groups -OCH3 is 1. The van der Waals surface area contributed by atoms with E-state index in [1.165, 1.54) is 25.7 Å². The highest BCUT2D eigenvalue weighted by Crippen LogP contribution is 2.26. The molecule has 2 rings (SSSR count). The normalized spacial score (nSPS) is 16.0. The summed E-state index contributed by atoms with van der Waals surface area (Å²) in [7, 11) is 3.59. The van der Waals surface area contributed by atoms with Crippen LogP contribution in [0.5, 0.6) is 5.75 Å². The number of halogens is 1. The Bertz CT molecular complexity index is 455. The van der Waals surface area contributed by atoms with Crippen LogP contribution in [0.25, 0.3) is 0 Å². The molecule has 0 aromatic heterocycles. The first kappa shape index (κ1) is 14.4. The van der Waals surface area contributed by atoms with Crippen molar-refractivity contribution in [1.29, 1.82) is 0 Å². The Morgan fingerprint density at radius 1 is 1.42 bits per heavy atom. The number of hydrogen-bond acceptors (Lipinski definition) is 3. The Kier molecular flexibility index (Phi) is 4.83. The number of carbonyl (C=O) groups is 1. The lowest BCUT2D eigenvalue weighted by Gasteiger charge is -2.23. The smallest absolute Gasteiger partial charge is 0.176 e. The molecule has 0 unspecified atom stereocenters. The van der Waals surface area contributed by atoms with E-state index in [1.54, 1.807) is 25.3 Å². The maximum Gasteiger partial charge on any atom is 0.176 e. The molecular formula is C15H20ClNO2. The molecule has 0 radical (unpaired) electrons. The summed E-state index contributed by atoms with van der Waals surface area (Å²) in [6.07, 6.45) is 4.95. The molecule has 0 saturated heterocycles. The van der Waals surface area contributed by atoms with Crippen molar-refractivity contribution in [3.8, 4) is 5.75 Å². The Labute approximate surface area is 119 Å². The number of rotatable bonds is 5. The van der Waals surface area contributed by atoms with Crippen LogP contribution in [0.3, 0.4) is 0 Å². The molecule has 3 nitrogen and oxygen atoms in total.